The van der Waals surface area contributed by atoms with Crippen LogP contribution in [0.2, 0.25) is 5.02 Å². The summed E-state index contributed by atoms with van der Waals surface area (Å²) >= 11 is 8.35. The van der Waals surface area contributed by atoms with Gasteiger partial charge in [-0.2, -0.15) is 18.4 Å². The van der Waals surface area contributed by atoms with Gasteiger partial charge in [0, 0.05) is 39.0 Å². The van der Waals surface area contributed by atoms with Gasteiger partial charge in [0.1, 0.15) is 24.3 Å². The molecule has 46 heavy (non-hydrogen) atoms. The van der Waals surface area contributed by atoms with Crippen molar-refractivity contribution in [2.24, 2.45) is 0 Å². The molecule has 0 bridgehead atoms. The van der Waals surface area contributed by atoms with Crippen LogP contribution in [-0.2, 0) is 12.7 Å². The number of nitrogens with zero attached hydrogens (tertiary/aromatic N) is 5. The summed E-state index contributed by atoms with van der Waals surface area (Å²) in [6.07, 6.45) is -3.49. The van der Waals surface area contributed by atoms with Gasteiger partial charge in [-0.3, -0.25) is 14.3 Å². The van der Waals surface area contributed by atoms with E-state index in [2.05, 4.69) is 14.3 Å². The number of aromatic nitrogens is 4. The summed E-state index contributed by atoms with van der Waals surface area (Å²) in [5, 5.41) is 21.3. The van der Waals surface area contributed by atoms with Crippen LogP contribution in [-0.4, -0.2) is 36.6 Å². The van der Waals surface area contributed by atoms with E-state index in [1.54, 1.807) is 31.2 Å². The fourth-order valence-corrected chi connectivity index (χ4v) is 7.11. The Kier molecular flexibility index (Phi) is 8.01. The van der Waals surface area contributed by atoms with Crippen molar-refractivity contribution in [1.82, 2.24) is 18.9 Å². The molecular formula is C31H19ClF3N5O4S2. The van der Waals surface area contributed by atoms with E-state index in [9.17, 15) is 33.1 Å². The van der Waals surface area contributed by atoms with Crippen molar-refractivity contribution in [3.05, 3.63) is 91.6 Å². The second-order valence-electron chi connectivity index (χ2n) is 10.1. The third kappa shape index (κ3) is 5.46. The van der Waals surface area contributed by atoms with Gasteiger partial charge in [-0.25, -0.2) is 14.2 Å². The van der Waals surface area contributed by atoms with Gasteiger partial charge in [0.2, 0.25) is 0 Å². The van der Waals surface area contributed by atoms with Gasteiger partial charge in [0.25, 0.3) is 5.56 Å². The number of rotatable bonds is 7. The Hall–Kier alpha value is -4.84. The second-order valence-corrected chi connectivity index (χ2v) is 12.3. The highest BCUT2D eigenvalue weighted by molar-refractivity contribution is 7.18. The zero-order valence-electron chi connectivity index (χ0n) is 23.8. The predicted octanol–water partition coefficient (Wildman–Crippen LogP) is 7.73. The lowest BCUT2D eigenvalue weighted by molar-refractivity contribution is -0.137. The third-order valence-electron chi connectivity index (χ3n) is 7.23. The smallest absolute Gasteiger partial charge is 0.417 e. The molecule has 9 nitrogen and oxygen atoms in total. The fraction of sp³-hybridized carbons (Fsp3) is 0.161. The van der Waals surface area contributed by atoms with E-state index >= 15 is 0 Å². The standard InChI is InChI=1S/C31H19ClF3N5O4S2/c1-14-9-18(28-27(38-14)20(13-45-28)30(42)43)17-10-16(32)3-4-23(17)44-8-7-40-15(2)39-22-11-21(31(33,34)35)25(24-5-6-37-46-24)19(12-36)26(22)29(40)41/h3-6,9-11,13H,7-8H2,1-2H3,(H,42,43). The summed E-state index contributed by atoms with van der Waals surface area (Å²) in [5.74, 6) is -0.580. The maximum Gasteiger partial charge on any atom is 0.417 e. The average Bonchev–Trinajstić information content (AvgIpc) is 3.68. The number of carboxylic acid groups (broad SMARTS) is 1. The summed E-state index contributed by atoms with van der Waals surface area (Å²) < 4.78 is 54.3. The molecule has 0 amide bonds. The molecule has 0 unspecified atom stereocenters. The van der Waals surface area contributed by atoms with Crippen LogP contribution in [0.1, 0.15) is 33.0 Å². The number of aromatic carboxylic acids is 1. The normalized spacial score (nSPS) is 11.7. The van der Waals surface area contributed by atoms with Gasteiger partial charge in [0.05, 0.1) is 49.2 Å². The number of nitriles is 1. The second kappa shape index (κ2) is 11.8. The van der Waals surface area contributed by atoms with Gasteiger partial charge < -0.3 is 9.84 Å². The number of benzene rings is 2. The highest BCUT2D eigenvalue weighted by atomic mass is 35.5. The lowest BCUT2D eigenvalue weighted by Crippen LogP contribution is -2.27. The van der Waals surface area contributed by atoms with Crippen molar-refractivity contribution >= 4 is 61.6 Å². The maximum atomic E-state index is 14.1. The first kappa shape index (κ1) is 31.2. The molecule has 0 saturated heterocycles. The predicted molar refractivity (Wildman–Crippen MR) is 169 cm³/mol. The number of carbonyl (C=O) groups is 1. The van der Waals surface area contributed by atoms with Gasteiger partial charge in [-0.15, -0.1) is 11.3 Å². The molecule has 0 spiro atoms. The van der Waals surface area contributed by atoms with Crippen molar-refractivity contribution in [3.8, 4) is 33.4 Å². The number of fused-ring (bicyclic) bond motifs is 2. The average molecular weight is 682 g/mol. The zero-order valence-corrected chi connectivity index (χ0v) is 26.2. The van der Waals surface area contributed by atoms with Crippen LogP contribution in [0, 0.1) is 25.2 Å². The van der Waals surface area contributed by atoms with Crippen LogP contribution in [0.5, 0.6) is 5.75 Å². The van der Waals surface area contributed by atoms with Gasteiger partial charge in [-0.05, 0) is 61.8 Å². The molecular weight excluding hydrogens is 663 g/mol. The van der Waals surface area contributed by atoms with Crippen LogP contribution in [0.4, 0.5) is 13.2 Å². The van der Waals surface area contributed by atoms with E-state index < -0.39 is 34.4 Å². The number of aryl methyl sites for hydroxylation is 2. The largest absolute Gasteiger partial charge is 0.491 e. The number of pyridine rings is 1. The minimum atomic E-state index is -4.81. The van der Waals surface area contributed by atoms with Crippen LogP contribution < -0.4 is 10.3 Å². The number of hydrogen-bond donors (Lipinski definition) is 1. The van der Waals surface area contributed by atoms with Crippen LogP contribution in [0.3, 0.4) is 0 Å². The minimum Gasteiger partial charge on any atom is -0.491 e. The Morgan fingerprint density at radius 1 is 1.15 bits per heavy atom. The van der Waals surface area contributed by atoms with Gasteiger partial charge >= 0.3 is 12.1 Å². The summed E-state index contributed by atoms with van der Waals surface area (Å²) in [7, 11) is 0. The summed E-state index contributed by atoms with van der Waals surface area (Å²) in [6, 6.07) is 10.7. The summed E-state index contributed by atoms with van der Waals surface area (Å²) in [5.41, 5.74) is -0.641. The van der Waals surface area contributed by atoms with Crippen molar-refractivity contribution in [2.45, 2.75) is 26.6 Å². The Morgan fingerprint density at radius 2 is 1.93 bits per heavy atom. The molecule has 0 aliphatic rings. The Bertz CT molecular complexity index is 2290. The first-order valence-corrected chi connectivity index (χ1v) is 15.4. The number of ether oxygens (including phenoxy) is 1. The molecule has 0 saturated carbocycles. The molecule has 2 aromatic carbocycles. The Morgan fingerprint density at radius 3 is 2.61 bits per heavy atom. The minimum absolute atomic E-state index is 0.0512. The zero-order chi connectivity index (χ0) is 32.9. The highest BCUT2D eigenvalue weighted by Gasteiger charge is 2.37. The van der Waals surface area contributed by atoms with Gasteiger partial charge in [-0.1, -0.05) is 11.6 Å². The molecule has 4 heterocycles. The van der Waals surface area contributed by atoms with E-state index in [0.717, 1.165) is 17.6 Å². The molecule has 1 N–H and O–H groups in total. The van der Waals surface area contributed by atoms with E-state index in [4.69, 9.17) is 16.3 Å². The Balaban J connectivity index is 1.40. The van der Waals surface area contributed by atoms with Crippen LogP contribution in [0.15, 0.2) is 52.8 Å². The number of thiophene rings is 1. The monoisotopic (exact) mass is 681 g/mol. The molecule has 0 atom stereocenters. The Labute approximate surface area is 270 Å². The van der Waals surface area contributed by atoms with E-state index in [1.165, 1.54) is 40.5 Å². The van der Waals surface area contributed by atoms with E-state index in [0.29, 0.717) is 37.8 Å². The number of alkyl halides is 3. The number of carboxylic acids is 1. The van der Waals surface area contributed by atoms with E-state index in [-0.39, 0.29) is 40.3 Å². The lowest BCUT2D eigenvalue weighted by Gasteiger charge is -2.18. The number of hydrogen-bond acceptors (Lipinski definition) is 9. The first-order chi connectivity index (χ1) is 21.9. The van der Waals surface area contributed by atoms with E-state index in [1.807, 2.05) is 6.07 Å². The summed E-state index contributed by atoms with van der Waals surface area (Å²) in [6.45, 7) is 3.11. The SMILES string of the molecule is Cc1cc(-c2cc(Cl)ccc2OCCn2c(C)nc3cc(C(F)(F)F)c(-c4ccns4)c(C#N)c3c2=O)c2scc(C(=O)O)c2n1. The molecule has 0 fully saturated rings. The highest BCUT2D eigenvalue weighted by Crippen LogP contribution is 2.43. The van der Waals surface area contributed by atoms with Crippen molar-refractivity contribution in [2.75, 3.05) is 6.61 Å². The molecule has 0 aliphatic carbocycles. The van der Waals surface area contributed by atoms with Crippen molar-refractivity contribution in [1.29, 1.82) is 5.26 Å². The summed E-state index contributed by atoms with van der Waals surface area (Å²) in [4.78, 5) is 34.3. The molecule has 0 radical (unpaired) electrons. The topological polar surface area (TPSA) is 131 Å². The molecule has 6 aromatic rings. The maximum absolute atomic E-state index is 14.1. The lowest BCUT2D eigenvalue weighted by atomic mass is 9.95. The fourth-order valence-electron chi connectivity index (χ4n) is 5.26. The molecule has 4 aromatic heterocycles. The molecule has 15 heteroatoms. The number of halogens is 4. The van der Waals surface area contributed by atoms with Crippen LogP contribution in [0.25, 0.3) is 42.7 Å². The first-order valence-electron chi connectivity index (χ1n) is 13.4. The molecule has 6 rings (SSSR count). The third-order valence-corrected chi connectivity index (χ3v) is 9.23. The van der Waals surface area contributed by atoms with Crippen LogP contribution >= 0.6 is 34.5 Å². The molecule has 0 aliphatic heterocycles. The molecule has 232 valence electrons. The van der Waals surface area contributed by atoms with Crippen molar-refractivity contribution in [3.63, 3.8) is 0 Å². The van der Waals surface area contributed by atoms with Gasteiger partial charge in [0.15, 0.2) is 0 Å². The quantitative estimate of drug-likeness (QED) is 0.181. The van der Waals surface area contributed by atoms with Crippen molar-refractivity contribution < 1.29 is 27.8 Å².